The van der Waals surface area contributed by atoms with Crippen molar-refractivity contribution in [1.29, 1.82) is 5.26 Å². The van der Waals surface area contributed by atoms with Crippen molar-refractivity contribution in [2.24, 2.45) is 5.41 Å². The van der Waals surface area contributed by atoms with Crippen molar-refractivity contribution in [2.75, 3.05) is 22.7 Å². The lowest BCUT2D eigenvalue weighted by atomic mass is 10.1. The van der Waals surface area contributed by atoms with E-state index in [0.717, 1.165) is 18.9 Å². The van der Waals surface area contributed by atoms with Gasteiger partial charge in [0, 0.05) is 18.1 Å². The second-order valence-electron chi connectivity index (χ2n) is 6.47. The van der Waals surface area contributed by atoms with Gasteiger partial charge in [-0.3, -0.25) is 4.79 Å². The summed E-state index contributed by atoms with van der Waals surface area (Å²) in [5, 5.41) is 22.2. The molecule has 12 heteroatoms. The van der Waals surface area contributed by atoms with Crippen LogP contribution in [0.2, 0.25) is 0 Å². The number of carbonyl (C=O) groups is 1. The van der Waals surface area contributed by atoms with Crippen molar-refractivity contribution in [3.63, 3.8) is 0 Å². The predicted molar refractivity (Wildman–Crippen MR) is 91.3 cm³/mol. The largest absolute Gasteiger partial charge is 0.506 e. The highest BCUT2D eigenvalue weighted by atomic mass is 32.2. The van der Waals surface area contributed by atoms with Crippen molar-refractivity contribution in [2.45, 2.75) is 12.8 Å². The number of aromatic nitrogens is 2. The maximum atomic E-state index is 15.0. The molecule has 27 heavy (non-hydrogen) atoms. The smallest absolute Gasteiger partial charge is 0.326 e. The number of aromatic hydroxyl groups is 1. The molecule has 10 nitrogen and oxygen atoms in total. The Morgan fingerprint density at radius 1 is 1.48 bits per heavy atom. The summed E-state index contributed by atoms with van der Waals surface area (Å²) < 4.78 is 41.1. The van der Waals surface area contributed by atoms with Crippen LogP contribution in [0.4, 0.5) is 16.0 Å². The number of anilines is 2. The number of hydrogen-bond donors (Lipinski definition) is 3. The Bertz CT molecular complexity index is 1130. The van der Waals surface area contributed by atoms with Crippen LogP contribution >= 0.6 is 0 Å². The lowest BCUT2D eigenvalue weighted by Crippen LogP contribution is -2.30. The molecule has 0 unspecified atom stereocenters. The number of phenolic OH excluding ortho intramolecular Hbond substituents is 1. The quantitative estimate of drug-likeness (QED) is 0.676. The van der Waals surface area contributed by atoms with Crippen LogP contribution in [-0.2, 0) is 15.0 Å². The zero-order chi connectivity index (χ0) is 19.4. The highest BCUT2D eigenvalue weighted by Crippen LogP contribution is 2.44. The van der Waals surface area contributed by atoms with Crippen LogP contribution in [0.25, 0.3) is 10.9 Å². The molecule has 0 spiro atoms. The van der Waals surface area contributed by atoms with Gasteiger partial charge >= 0.3 is 10.2 Å². The maximum Gasteiger partial charge on any atom is 0.326 e. The molecule has 2 heterocycles. The molecular formula is C15H13FN6O4S. The summed E-state index contributed by atoms with van der Waals surface area (Å²) in [7, 11) is -4.30. The van der Waals surface area contributed by atoms with Crippen LogP contribution < -0.4 is 14.3 Å². The molecule has 4 rings (SSSR count). The van der Waals surface area contributed by atoms with Gasteiger partial charge in [0.05, 0.1) is 11.5 Å². The Hall–Kier alpha value is -3.20. The molecular weight excluding hydrogens is 379 g/mol. The molecule has 1 amide bonds. The Morgan fingerprint density at radius 2 is 2.22 bits per heavy atom. The van der Waals surface area contributed by atoms with Gasteiger partial charge in [0.25, 0.3) is 5.91 Å². The number of fused-ring (bicyclic) bond motifs is 1. The Kier molecular flexibility index (Phi) is 3.60. The maximum absolute atomic E-state index is 15.0. The van der Waals surface area contributed by atoms with Crippen molar-refractivity contribution >= 4 is 38.7 Å². The molecule has 1 aromatic carbocycles. The molecule has 140 valence electrons. The monoisotopic (exact) mass is 392 g/mol. The minimum atomic E-state index is -4.30. The van der Waals surface area contributed by atoms with Crippen molar-refractivity contribution in [3.05, 3.63) is 18.1 Å². The van der Waals surface area contributed by atoms with Crippen molar-refractivity contribution in [3.8, 4) is 11.8 Å². The number of hydrogen-bond acceptors (Lipinski definition) is 8. The molecule has 3 N–H and O–H groups in total. The van der Waals surface area contributed by atoms with Crippen LogP contribution in [0.1, 0.15) is 12.8 Å². The summed E-state index contributed by atoms with van der Waals surface area (Å²) in [6, 6.07) is 3.32. The summed E-state index contributed by atoms with van der Waals surface area (Å²) in [5.74, 6) is -2.54. The average Bonchev–Trinajstić information content (AvgIpc) is 3.34. The first-order valence-electron chi connectivity index (χ1n) is 7.91. The van der Waals surface area contributed by atoms with E-state index in [4.69, 9.17) is 5.26 Å². The molecule has 1 saturated carbocycles. The fourth-order valence-corrected chi connectivity index (χ4v) is 3.97. The first-order valence-corrected chi connectivity index (χ1v) is 9.35. The summed E-state index contributed by atoms with van der Waals surface area (Å²) in [5.41, 5.74) is -1.36. The Balaban J connectivity index is 1.75. The Morgan fingerprint density at radius 3 is 2.81 bits per heavy atom. The second kappa shape index (κ2) is 5.65. The van der Waals surface area contributed by atoms with E-state index in [9.17, 15) is 18.3 Å². The first kappa shape index (κ1) is 17.2. The Labute approximate surface area is 152 Å². The third-order valence-electron chi connectivity index (χ3n) is 4.51. The molecule has 1 aromatic heterocycles. The summed E-state index contributed by atoms with van der Waals surface area (Å²) in [4.78, 5) is 19.4. The van der Waals surface area contributed by atoms with Crippen LogP contribution in [-0.4, -0.2) is 42.5 Å². The van der Waals surface area contributed by atoms with E-state index in [1.165, 1.54) is 6.20 Å². The van der Waals surface area contributed by atoms with E-state index in [2.05, 4.69) is 21.4 Å². The zero-order valence-electron chi connectivity index (χ0n) is 13.7. The highest BCUT2D eigenvalue weighted by molar-refractivity contribution is 7.92. The molecule has 2 fully saturated rings. The van der Waals surface area contributed by atoms with Gasteiger partial charge in [0.15, 0.2) is 5.82 Å². The van der Waals surface area contributed by atoms with E-state index in [0.29, 0.717) is 10.8 Å². The standard InChI is InChI=1S/C15H13FN6O4S/c16-11-12-8(4-18-14(20-12)19-7-15(6-17)1-2-15)3-9(23)13(11)22-5-10(24)21-27(22,25)26/h3-4,23H,1-2,5,7H2,(H,21,24)(H,18,19,20). The fraction of sp³-hybridized carbons (Fsp3) is 0.333. The van der Waals surface area contributed by atoms with Crippen LogP contribution in [0, 0.1) is 22.6 Å². The third-order valence-corrected chi connectivity index (χ3v) is 5.89. The average molecular weight is 392 g/mol. The van der Waals surface area contributed by atoms with Gasteiger partial charge in [0.1, 0.15) is 23.5 Å². The minimum Gasteiger partial charge on any atom is -0.506 e. The van der Waals surface area contributed by atoms with Crippen LogP contribution in [0.15, 0.2) is 12.3 Å². The van der Waals surface area contributed by atoms with E-state index < -0.39 is 45.3 Å². The van der Waals surface area contributed by atoms with Gasteiger partial charge in [-0.2, -0.15) is 13.7 Å². The number of nitrogens with zero attached hydrogens (tertiary/aromatic N) is 4. The molecule has 0 atom stereocenters. The number of benzene rings is 1. The molecule has 1 aliphatic carbocycles. The van der Waals surface area contributed by atoms with E-state index in [1.54, 1.807) is 4.72 Å². The van der Waals surface area contributed by atoms with E-state index in [-0.39, 0.29) is 16.9 Å². The lowest BCUT2D eigenvalue weighted by Gasteiger charge is -2.18. The van der Waals surface area contributed by atoms with Crippen LogP contribution in [0.5, 0.6) is 5.75 Å². The first-order chi connectivity index (χ1) is 12.7. The summed E-state index contributed by atoms with van der Waals surface area (Å²) in [6.07, 6.45) is 2.78. The number of amides is 1. The molecule has 0 bridgehead atoms. The van der Waals surface area contributed by atoms with Gasteiger partial charge < -0.3 is 10.4 Å². The van der Waals surface area contributed by atoms with Crippen molar-refractivity contribution in [1.82, 2.24) is 14.7 Å². The number of phenols is 1. The topological polar surface area (TPSA) is 148 Å². The lowest BCUT2D eigenvalue weighted by molar-refractivity contribution is -0.117. The molecule has 1 saturated heterocycles. The van der Waals surface area contributed by atoms with Gasteiger partial charge in [0.2, 0.25) is 5.95 Å². The second-order valence-corrected chi connectivity index (χ2v) is 8.07. The van der Waals surface area contributed by atoms with E-state index in [1.807, 2.05) is 0 Å². The SMILES string of the molecule is N#CC1(CNc2ncc3cc(O)c(N4CC(=O)NS4(=O)=O)c(F)c3n2)CC1. The van der Waals surface area contributed by atoms with Gasteiger partial charge in [-0.1, -0.05) is 0 Å². The molecule has 0 radical (unpaired) electrons. The molecule has 2 aliphatic rings. The van der Waals surface area contributed by atoms with Crippen LogP contribution in [0.3, 0.4) is 0 Å². The van der Waals surface area contributed by atoms with E-state index >= 15 is 4.39 Å². The summed E-state index contributed by atoms with van der Waals surface area (Å²) >= 11 is 0. The molecule has 1 aliphatic heterocycles. The number of nitriles is 1. The van der Waals surface area contributed by atoms with Crippen molar-refractivity contribution < 1.29 is 22.7 Å². The zero-order valence-corrected chi connectivity index (χ0v) is 14.5. The van der Waals surface area contributed by atoms with Gasteiger partial charge in [-0.25, -0.2) is 23.4 Å². The number of rotatable bonds is 4. The van der Waals surface area contributed by atoms with Gasteiger partial charge in [-0.05, 0) is 18.9 Å². The summed E-state index contributed by atoms with van der Waals surface area (Å²) in [6.45, 7) is -0.348. The molecule has 2 aromatic rings. The highest BCUT2D eigenvalue weighted by Gasteiger charge is 2.43. The fourth-order valence-electron chi connectivity index (χ4n) is 2.81. The minimum absolute atomic E-state index is 0.0676. The third kappa shape index (κ3) is 2.85. The predicted octanol–water partition coefficient (Wildman–Crippen LogP) is 0.371. The number of carbonyl (C=O) groups excluding carboxylic acids is 1. The number of nitrogens with one attached hydrogen (secondary N) is 2. The number of halogens is 1. The normalized spacial score (nSPS) is 19.6. The van der Waals surface area contributed by atoms with Gasteiger partial charge in [-0.15, -0.1) is 0 Å².